The van der Waals surface area contributed by atoms with Crippen molar-refractivity contribution in [2.45, 2.75) is 11.8 Å². The van der Waals surface area contributed by atoms with Gasteiger partial charge in [-0.2, -0.15) is 0 Å². The third kappa shape index (κ3) is 4.91. The topological polar surface area (TPSA) is 108 Å². The molecule has 2 aromatic rings. The minimum atomic E-state index is -3.67. The first-order valence-corrected chi connectivity index (χ1v) is 8.79. The Morgan fingerprint density at radius 1 is 1.20 bits per heavy atom. The van der Waals surface area contributed by atoms with E-state index in [4.69, 9.17) is 20.5 Å². The summed E-state index contributed by atoms with van der Waals surface area (Å²) < 4.78 is 26.7. The van der Waals surface area contributed by atoms with Gasteiger partial charge >= 0.3 is 6.09 Å². The van der Waals surface area contributed by atoms with E-state index in [1.54, 1.807) is 6.92 Å². The SMILES string of the molecule is CCOC(=O)N=[S@@](=O)(Oc1ccc([N+](=O)[O-])cc1)c1ccc(Cl)cc1. The van der Waals surface area contributed by atoms with Gasteiger partial charge in [0.2, 0.25) is 10.0 Å². The number of amides is 1. The molecule has 0 bridgehead atoms. The summed E-state index contributed by atoms with van der Waals surface area (Å²) in [7, 11) is -3.67. The van der Waals surface area contributed by atoms with E-state index in [-0.39, 0.29) is 22.9 Å². The lowest BCUT2D eigenvalue weighted by Crippen LogP contribution is -2.13. The number of hydrogen-bond donors (Lipinski definition) is 0. The number of carbonyl (C=O) groups is 1. The van der Waals surface area contributed by atoms with Crippen LogP contribution in [-0.2, 0) is 14.7 Å². The fourth-order valence-corrected chi connectivity index (χ4v) is 3.19. The van der Waals surface area contributed by atoms with Crippen LogP contribution in [0.25, 0.3) is 0 Å². The first-order valence-electron chi connectivity index (χ1n) is 6.97. The lowest BCUT2D eigenvalue weighted by atomic mass is 10.3. The van der Waals surface area contributed by atoms with Crippen LogP contribution in [0.5, 0.6) is 5.75 Å². The van der Waals surface area contributed by atoms with Gasteiger partial charge in [0.15, 0.2) is 0 Å². The Morgan fingerprint density at radius 2 is 1.80 bits per heavy atom. The van der Waals surface area contributed by atoms with Crippen LogP contribution in [0.3, 0.4) is 0 Å². The van der Waals surface area contributed by atoms with Gasteiger partial charge in [0, 0.05) is 17.2 Å². The summed E-state index contributed by atoms with van der Waals surface area (Å²) in [5, 5.41) is 11.1. The number of non-ortho nitro benzene ring substituents is 1. The summed E-state index contributed by atoms with van der Waals surface area (Å²) in [4.78, 5) is 21.9. The Balaban J connectivity index is 2.44. The second-order valence-corrected chi connectivity index (χ2v) is 6.76. The van der Waals surface area contributed by atoms with Crippen molar-refractivity contribution in [3.63, 3.8) is 0 Å². The van der Waals surface area contributed by atoms with Crippen LogP contribution in [-0.4, -0.2) is 21.8 Å². The summed E-state index contributed by atoms with van der Waals surface area (Å²) in [6.07, 6.45) is -1.05. The van der Waals surface area contributed by atoms with E-state index >= 15 is 0 Å². The highest BCUT2D eigenvalue weighted by Crippen LogP contribution is 2.24. The summed E-state index contributed by atoms with van der Waals surface area (Å²) >= 11 is 5.80. The maximum atomic E-state index is 13.1. The van der Waals surface area contributed by atoms with Crippen molar-refractivity contribution >= 4 is 33.4 Å². The molecule has 0 aliphatic carbocycles. The number of nitrogens with zero attached hydrogens (tertiary/aromatic N) is 2. The summed E-state index contributed by atoms with van der Waals surface area (Å²) in [5.41, 5.74) is -0.160. The normalized spacial score (nSPS) is 12.7. The Hall–Kier alpha value is -2.65. The van der Waals surface area contributed by atoms with Crippen molar-refractivity contribution in [3.05, 3.63) is 63.7 Å². The molecule has 0 saturated carbocycles. The number of rotatable bonds is 5. The number of carbonyl (C=O) groups excluding carboxylic acids is 1. The first kappa shape index (κ1) is 18.7. The molecule has 1 amide bonds. The molecule has 0 aliphatic rings. The smallest absolute Gasteiger partial charge is 0.444 e. The third-order valence-corrected chi connectivity index (χ3v) is 4.76. The van der Waals surface area contributed by atoms with E-state index in [1.807, 2.05) is 0 Å². The molecule has 0 fully saturated rings. The van der Waals surface area contributed by atoms with Crippen molar-refractivity contribution in [2.24, 2.45) is 4.36 Å². The third-order valence-electron chi connectivity index (χ3n) is 2.83. The Kier molecular flexibility index (Phi) is 5.94. The molecule has 0 aliphatic heterocycles. The van der Waals surface area contributed by atoms with E-state index in [1.165, 1.54) is 48.5 Å². The second kappa shape index (κ2) is 7.95. The van der Waals surface area contributed by atoms with Gasteiger partial charge in [-0.05, 0) is 43.3 Å². The zero-order valence-corrected chi connectivity index (χ0v) is 14.5. The Labute approximate surface area is 148 Å². The van der Waals surface area contributed by atoms with Crippen LogP contribution in [0.4, 0.5) is 10.5 Å². The van der Waals surface area contributed by atoms with Gasteiger partial charge < -0.3 is 8.92 Å². The van der Waals surface area contributed by atoms with Crippen LogP contribution >= 0.6 is 11.6 Å². The van der Waals surface area contributed by atoms with Crippen LogP contribution in [0.15, 0.2) is 57.8 Å². The molecule has 8 nitrogen and oxygen atoms in total. The first-order chi connectivity index (χ1) is 11.8. The number of hydrogen-bond acceptors (Lipinski definition) is 6. The minimum Gasteiger partial charge on any atom is -0.448 e. The molecule has 0 unspecified atom stereocenters. The van der Waals surface area contributed by atoms with Crippen LogP contribution in [0.2, 0.25) is 5.02 Å². The van der Waals surface area contributed by atoms with Gasteiger partial charge in [0.1, 0.15) is 5.75 Å². The summed E-state index contributed by atoms with van der Waals surface area (Å²) in [6, 6.07) is 10.6. The number of nitro groups is 1. The predicted octanol–water partition coefficient (Wildman–Crippen LogP) is 4.23. The van der Waals surface area contributed by atoms with Gasteiger partial charge in [-0.1, -0.05) is 16.0 Å². The number of nitro benzene ring substituents is 1. The van der Waals surface area contributed by atoms with Crippen LogP contribution in [0, 0.1) is 10.1 Å². The van der Waals surface area contributed by atoms with Gasteiger partial charge in [-0.3, -0.25) is 10.1 Å². The highest BCUT2D eigenvalue weighted by Gasteiger charge is 2.19. The van der Waals surface area contributed by atoms with Crippen molar-refractivity contribution in [2.75, 3.05) is 6.61 Å². The predicted molar refractivity (Wildman–Crippen MR) is 91.0 cm³/mol. The maximum Gasteiger partial charge on any atom is 0.444 e. The largest absolute Gasteiger partial charge is 0.448 e. The number of halogens is 1. The quantitative estimate of drug-likeness (QED) is 0.563. The molecule has 1 atom stereocenters. The van der Waals surface area contributed by atoms with Crippen molar-refractivity contribution in [3.8, 4) is 5.75 Å². The highest BCUT2D eigenvalue weighted by molar-refractivity contribution is 7.89. The average Bonchev–Trinajstić information content (AvgIpc) is 2.55. The number of benzene rings is 2. The summed E-state index contributed by atoms with van der Waals surface area (Å²) in [5.74, 6) is 0.0404. The zero-order chi connectivity index (χ0) is 18.4. The molecule has 132 valence electrons. The van der Waals surface area contributed by atoms with Crippen LogP contribution < -0.4 is 4.18 Å². The van der Waals surface area contributed by atoms with Crippen LogP contribution in [0.1, 0.15) is 6.92 Å². The second-order valence-electron chi connectivity index (χ2n) is 4.55. The van der Waals surface area contributed by atoms with Crippen molar-refractivity contribution in [1.82, 2.24) is 0 Å². The molecule has 0 spiro atoms. The van der Waals surface area contributed by atoms with Gasteiger partial charge in [0.05, 0.1) is 16.4 Å². The molecule has 25 heavy (non-hydrogen) atoms. The molecular formula is C15H13ClN2O6S. The van der Waals surface area contributed by atoms with E-state index in [9.17, 15) is 19.1 Å². The molecule has 0 N–H and O–H groups in total. The fourth-order valence-electron chi connectivity index (χ4n) is 1.73. The lowest BCUT2D eigenvalue weighted by Gasteiger charge is -2.12. The zero-order valence-electron chi connectivity index (χ0n) is 13.0. The molecule has 10 heteroatoms. The van der Waals surface area contributed by atoms with E-state index < -0.39 is 21.0 Å². The Morgan fingerprint density at radius 3 is 2.32 bits per heavy atom. The average molecular weight is 385 g/mol. The van der Waals surface area contributed by atoms with Crippen molar-refractivity contribution < 1.29 is 22.8 Å². The van der Waals surface area contributed by atoms with Gasteiger partial charge in [-0.15, -0.1) is 0 Å². The molecule has 0 saturated heterocycles. The highest BCUT2D eigenvalue weighted by atomic mass is 35.5. The Bertz CT molecular complexity index is 889. The van der Waals surface area contributed by atoms with E-state index in [0.29, 0.717) is 5.02 Å². The summed E-state index contributed by atoms with van der Waals surface area (Å²) in [6.45, 7) is 1.63. The standard InChI is InChI=1S/C15H13ClN2O6S/c1-2-23-15(19)17-25(22,14-9-3-11(16)4-10-14)24-13-7-5-12(6-8-13)18(20)21/h3-10H,2H2,1H3/t25-/m0/s1. The molecule has 2 aromatic carbocycles. The van der Waals surface area contributed by atoms with Crippen molar-refractivity contribution in [1.29, 1.82) is 0 Å². The minimum absolute atomic E-state index is 0.0404. The molecular weight excluding hydrogens is 372 g/mol. The lowest BCUT2D eigenvalue weighted by molar-refractivity contribution is -0.384. The molecule has 0 heterocycles. The van der Waals surface area contributed by atoms with Gasteiger partial charge in [0.25, 0.3) is 5.69 Å². The fraction of sp³-hybridized carbons (Fsp3) is 0.133. The molecule has 0 aromatic heterocycles. The van der Waals surface area contributed by atoms with E-state index in [0.717, 1.165) is 0 Å². The van der Waals surface area contributed by atoms with E-state index in [2.05, 4.69) is 4.36 Å². The van der Waals surface area contributed by atoms with Gasteiger partial charge in [-0.25, -0.2) is 9.00 Å². The molecule has 0 radical (unpaired) electrons. The number of ether oxygens (including phenoxy) is 1. The monoisotopic (exact) mass is 384 g/mol. The molecule has 2 rings (SSSR count). The maximum absolute atomic E-state index is 13.1.